The number of aryl methyl sites for hydroxylation is 1. The highest BCUT2D eigenvalue weighted by atomic mass is 32.1. The van der Waals surface area contributed by atoms with E-state index < -0.39 is 0 Å². The van der Waals surface area contributed by atoms with Crippen LogP contribution in [0.25, 0.3) is 4.96 Å². The number of aliphatic hydroxyl groups is 1. The molecular formula is C13H17N3O2S. The molecule has 0 aromatic carbocycles. The van der Waals surface area contributed by atoms with Gasteiger partial charge in [0.05, 0.1) is 24.3 Å². The molecule has 0 atom stereocenters. The van der Waals surface area contributed by atoms with Gasteiger partial charge in [0.1, 0.15) is 0 Å². The summed E-state index contributed by atoms with van der Waals surface area (Å²) in [4.78, 5) is 17.4. The molecule has 0 radical (unpaired) electrons. The first kappa shape index (κ1) is 12.6. The second-order valence-electron chi connectivity index (χ2n) is 5.28. The highest BCUT2D eigenvalue weighted by Gasteiger charge is 2.37. The van der Waals surface area contributed by atoms with Crippen molar-refractivity contribution in [2.75, 3.05) is 6.61 Å². The van der Waals surface area contributed by atoms with Crippen molar-refractivity contribution in [3.63, 3.8) is 0 Å². The predicted octanol–water partition coefficient (Wildman–Crippen LogP) is 1.28. The third-order valence-corrected chi connectivity index (χ3v) is 4.65. The maximum Gasteiger partial charge on any atom is 0.226 e. The molecule has 1 amide bonds. The second kappa shape index (κ2) is 4.61. The van der Waals surface area contributed by atoms with Crippen molar-refractivity contribution in [3.05, 3.63) is 23.0 Å². The smallest absolute Gasteiger partial charge is 0.226 e. The number of nitrogens with one attached hydrogen (secondary N) is 1. The van der Waals surface area contributed by atoms with E-state index in [0.29, 0.717) is 6.42 Å². The number of hydrogen-bond acceptors (Lipinski definition) is 4. The van der Waals surface area contributed by atoms with Crippen LogP contribution in [0.4, 0.5) is 0 Å². The number of aromatic nitrogens is 2. The summed E-state index contributed by atoms with van der Waals surface area (Å²) in [7, 11) is 0. The van der Waals surface area contributed by atoms with Crippen molar-refractivity contribution < 1.29 is 9.90 Å². The largest absolute Gasteiger partial charge is 0.394 e. The van der Waals surface area contributed by atoms with Gasteiger partial charge in [0, 0.05) is 17.3 Å². The number of fused-ring (bicyclic) bond motifs is 1. The Hall–Kier alpha value is -1.40. The number of nitrogens with zero attached hydrogens (tertiary/aromatic N) is 2. The molecule has 102 valence electrons. The molecule has 2 N–H and O–H groups in total. The van der Waals surface area contributed by atoms with Gasteiger partial charge in [-0.1, -0.05) is 0 Å². The Balaban J connectivity index is 1.72. The molecule has 1 aliphatic carbocycles. The third kappa shape index (κ3) is 2.26. The van der Waals surface area contributed by atoms with E-state index in [0.717, 1.165) is 35.6 Å². The average Bonchev–Trinajstić information content (AvgIpc) is 2.85. The van der Waals surface area contributed by atoms with Crippen LogP contribution in [0.2, 0.25) is 0 Å². The van der Waals surface area contributed by atoms with Crippen LogP contribution in [-0.4, -0.2) is 32.5 Å². The maximum absolute atomic E-state index is 12.1. The number of rotatable bonds is 4. The second-order valence-corrected chi connectivity index (χ2v) is 6.12. The van der Waals surface area contributed by atoms with Gasteiger partial charge in [0.25, 0.3) is 0 Å². The van der Waals surface area contributed by atoms with Gasteiger partial charge in [0.15, 0.2) is 4.96 Å². The molecule has 0 saturated heterocycles. The number of aliphatic hydroxyl groups excluding tert-OH is 1. The molecule has 2 heterocycles. The fourth-order valence-electron chi connectivity index (χ4n) is 2.50. The Bertz CT molecular complexity index is 607. The third-order valence-electron chi connectivity index (χ3n) is 3.76. The zero-order chi connectivity index (χ0) is 13.5. The minimum absolute atomic E-state index is 0.0280. The predicted molar refractivity (Wildman–Crippen MR) is 73.3 cm³/mol. The van der Waals surface area contributed by atoms with Crippen molar-refractivity contribution in [1.29, 1.82) is 0 Å². The fraction of sp³-hybridized carbons (Fsp3) is 0.538. The lowest BCUT2D eigenvalue weighted by Gasteiger charge is -2.40. The van der Waals surface area contributed by atoms with Crippen molar-refractivity contribution in [2.45, 2.75) is 38.1 Å². The highest BCUT2D eigenvalue weighted by Crippen LogP contribution is 2.31. The first-order valence-corrected chi connectivity index (χ1v) is 7.34. The van der Waals surface area contributed by atoms with Crippen LogP contribution < -0.4 is 5.32 Å². The van der Waals surface area contributed by atoms with E-state index in [2.05, 4.69) is 10.3 Å². The van der Waals surface area contributed by atoms with Gasteiger partial charge in [-0.05, 0) is 26.2 Å². The van der Waals surface area contributed by atoms with Gasteiger partial charge in [0.2, 0.25) is 5.91 Å². The highest BCUT2D eigenvalue weighted by molar-refractivity contribution is 7.15. The number of thiazole rings is 1. The van der Waals surface area contributed by atoms with E-state index in [9.17, 15) is 9.90 Å². The standard InChI is InChI=1S/C13H17N3O2S/c1-9-6-16-10(7-19-12(16)14-9)5-11(18)15-13(8-17)3-2-4-13/h6-7,17H,2-5,8H2,1H3,(H,15,18). The van der Waals surface area contributed by atoms with E-state index >= 15 is 0 Å². The van der Waals surface area contributed by atoms with Gasteiger partial charge >= 0.3 is 0 Å². The van der Waals surface area contributed by atoms with E-state index in [1.165, 1.54) is 0 Å². The lowest BCUT2D eigenvalue weighted by atomic mass is 9.77. The molecule has 2 aromatic rings. The summed E-state index contributed by atoms with van der Waals surface area (Å²) in [6, 6.07) is 0. The summed E-state index contributed by atoms with van der Waals surface area (Å²) in [6.07, 6.45) is 5.10. The van der Waals surface area contributed by atoms with E-state index in [1.807, 2.05) is 22.9 Å². The molecule has 2 aromatic heterocycles. The number of imidazole rings is 1. The maximum atomic E-state index is 12.1. The molecular weight excluding hydrogens is 262 g/mol. The zero-order valence-corrected chi connectivity index (χ0v) is 11.7. The van der Waals surface area contributed by atoms with Crippen LogP contribution in [0.1, 0.15) is 30.7 Å². The molecule has 0 aliphatic heterocycles. The van der Waals surface area contributed by atoms with Crippen LogP contribution in [0.3, 0.4) is 0 Å². The minimum atomic E-state index is -0.364. The number of hydrogen-bond donors (Lipinski definition) is 2. The quantitative estimate of drug-likeness (QED) is 0.886. The van der Waals surface area contributed by atoms with Crippen LogP contribution in [0.15, 0.2) is 11.6 Å². The van der Waals surface area contributed by atoms with Crippen LogP contribution in [-0.2, 0) is 11.2 Å². The molecule has 19 heavy (non-hydrogen) atoms. The molecule has 1 saturated carbocycles. The summed E-state index contributed by atoms with van der Waals surface area (Å²) >= 11 is 1.54. The van der Waals surface area contributed by atoms with Crippen molar-refractivity contribution in [2.24, 2.45) is 0 Å². The Kier molecular flexibility index (Phi) is 3.06. The van der Waals surface area contributed by atoms with Gasteiger partial charge in [-0.15, -0.1) is 11.3 Å². The summed E-state index contributed by atoms with van der Waals surface area (Å²) in [6.45, 7) is 1.97. The molecule has 0 bridgehead atoms. The number of carbonyl (C=O) groups is 1. The Morgan fingerprint density at radius 3 is 3.05 bits per heavy atom. The van der Waals surface area contributed by atoms with Crippen molar-refractivity contribution in [1.82, 2.24) is 14.7 Å². The topological polar surface area (TPSA) is 66.6 Å². The SMILES string of the molecule is Cc1cn2c(CC(=O)NC3(CO)CCC3)csc2n1. The molecule has 0 unspecified atom stereocenters. The van der Waals surface area contributed by atoms with Crippen LogP contribution in [0, 0.1) is 6.92 Å². The monoisotopic (exact) mass is 279 g/mol. The van der Waals surface area contributed by atoms with Gasteiger partial charge < -0.3 is 10.4 Å². The first-order chi connectivity index (χ1) is 9.12. The van der Waals surface area contributed by atoms with Gasteiger partial charge in [-0.2, -0.15) is 0 Å². The van der Waals surface area contributed by atoms with Gasteiger partial charge in [-0.25, -0.2) is 4.98 Å². The van der Waals surface area contributed by atoms with Crippen molar-refractivity contribution >= 4 is 22.2 Å². The molecule has 3 rings (SSSR count). The average molecular weight is 279 g/mol. The van der Waals surface area contributed by atoms with Crippen molar-refractivity contribution in [3.8, 4) is 0 Å². The molecule has 5 nitrogen and oxygen atoms in total. The van der Waals surface area contributed by atoms with E-state index in [-0.39, 0.29) is 18.1 Å². The van der Waals surface area contributed by atoms with E-state index in [4.69, 9.17) is 0 Å². The summed E-state index contributed by atoms with van der Waals surface area (Å²) in [5, 5.41) is 14.3. The van der Waals surface area contributed by atoms with E-state index in [1.54, 1.807) is 11.3 Å². The molecule has 1 aliphatic rings. The zero-order valence-electron chi connectivity index (χ0n) is 10.8. The van der Waals surface area contributed by atoms with Crippen LogP contribution >= 0.6 is 11.3 Å². The Morgan fingerprint density at radius 1 is 1.63 bits per heavy atom. The number of amides is 1. The summed E-state index contributed by atoms with van der Waals surface area (Å²) in [5.41, 5.74) is 1.54. The summed E-state index contributed by atoms with van der Waals surface area (Å²) < 4.78 is 1.96. The fourth-order valence-corrected chi connectivity index (χ4v) is 3.42. The number of carbonyl (C=O) groups excluding carboxylic acids is 1. The molecule has 0 spiro atoms. The lowest BCUT2D eigenvalue weighted by molar-refractivity contribution is -0.124. The minimum Gasteiger partial charge on any atom is -0.394 e. The van der Waals surface area contributed by atoms with Gasteiger partial charge in [-0.3, -0.25) is 9.20 Å². The molecule has 1 fully saturated rings. The molecule has 6 heteroatoms. The summed E-state index contributed by atoms with van der Waals surface area (Å²) in [5.74, 6) is -0.0280. The Labute approximate surface area is 115 Å². The lowest BCUT2D eigenvalue weighted by Crippen LogP contribution is -2.56. The van der Waals surface area contributed by atoms with Crippen LogP contribution in [0.5, 0.6) is 0 Å². The first-order valence-electron chi connectivity index (χ1n) is 6.46. The Morgan fingerprint density at radius 2 is 2.42 bits per heavy atom. The normalized spacial score (nSPS) is 17.4.